The number of halogens is 1. The average Bonchev–Trinajstić information content (AvgIpc) is 3.05. The van der Waals surface area contributed by atoms with Gasteiger partial charge in [0.1, 0.15) is 30.6 Å². The SMILES string of the molecule is CC1=C(C(=O)N2CCC(c3nc4ccc(F)cc4[nH]3)CC2)OCCO1. The van der Waals surface area contributed by atoms with Crippen LogP contribution in [0.5, 0.6) is 0 Å². The third kappa shape index (κ3) is 3.06. The number of imidazole rings is 1. The highest BCUT2D eigenvalue weighted by Crippen LogP contribution is 2.29. The number of nitrogens with one attached hydrogen (secondary N) is 1. The van der Waals surface area contributed by atoms with E-state index in [1.54, 1.807) is 17.9 Å². The molecule has 1 aromatic heterocycles. The van der Waals surface area contributed by atoms with E-state index in [9.17, 15) is 9.18 Å². The molecule has 1 amide bonds. The van der Waals surface area contributed by atoms with Gasteiger partial charge in [0, 0.05) is 19.0 Å². The highest BCUT2D eigenvalue weighted by atomic mass is 19.1. The van der Waals surface area contributed by atoms with Crippen molar-refractivity contribution >= 4 is 16.9 Å². The molecule has 2 aliphatic heterocycles. The van der Waals surface area contributed by atoms with E-state index in [-0.39, 0.29) is 17.6 Å². The summed E-state index contributed by atoms with van der Waals surface area (Å²) in [5.74, 6) is 1.59. The number of aromatic nitrogens is 2. The Labute approximate surface area is 144 Å². The second-order valence-electron chi connectivity index (χ2n) is 6.43. The van der Waals surface area contributed by atoms with Gasteiger partial charge < -0.3 is 19.4 Å². The number of likely N-dealkylation sites (tertiary alicyclic amines) is 1. The van der Waals surface area contributed by atoms with Crippen molar-refractivity contribution in [1.82, 2.24) is 14.9 Å². The molecule has 0 saturated carbocycles. The maximum absolute atomic E-state index is 13.3. The quantitative estimate of drug-likeness (QED) is 0.909. The predicted molar refractivity (Wildman–Crippen MR) is 89.2 cm³/mol. The molecular formula is C18H20FN3O3. The molecule has 1 aromatic carbocycles. The fourth-order valence-corrected chi connectivity index (χ4v) is 3.41. The Balaban J connectivity index is 1.44. The topological polar surface area (TPSA) is 67.5 Å². The monoisotopic (exact) mass is 345 g/mol. The Morgan fingerprint density at radius 1 is 1.28 bits per heavy atom. The predicted octanol–water partition coefficient (Wildman–Crippen LogP) is 2.69. The van der Waals surface area contributed by atoms with Crippen molar-refractivity contribution in [2.45, 2.75) is 25.7 Å². The fourth-order valence-electron chi connectivity index (χ4n) is 3.41. The minimum Gasteiger partial charge on any atom is -0.491 e. The number of amides is 1. The minimum atomic E-state index is -0.276. The van der Waals surface area contributed by atoms with Crippen molar-refractivity contribution in [2.75, 3.05) is 26.3 Å². The molecule has 1 saturated heterocycles. The Bertz CT molecular complexity index is 837. The van der Waals surface area contributed by atoms with Gasteiger partial charge in [-0.15, -0.1) is 0 Å². The number of carbonyl (C=O) groups excluding carboxylic acids is 1. The summed E-state index contributed by atoms with van der Waals surface area (Å²) in [7, 11) is 0. The largest absolute Gasteiger partial charge is 0.491 e. The number of nitrogens with zero attached hydrogens (tertiary/aromatic N) is 2. The molecule has 0 unspecified atom stereocenters. The average molecular weight is 345 g/mol. The normalized spacial score (nSPS) is 19.0. The number of hydrogen-bond acceptors (Lipinski definition) is 4. The van der Waals surface area contributed by atoms with Crippen molar-refractivity contribution in [2.24, 2.45) is 0 Å². The lowest BCUT2D eigenvalue weighted by Gasteiger charge is -2.32. The first-order chi connectivity index (χ1) is 12.1. The minimum absolute atomic E-state index is 0.109. The molecule has 2 aromatic rings. The van der Waals surface area contributed by atoms with Gasteiger partial charge in [-0.05, 0) is 38.0 Å². The van der Waals surface area contributed by atoms with Crippen LogP contribution in [-0.4, -0.2) is 47.1 Å². The number of ether oxygens (including phenoxy) is 2. The Morgan fingerprint density at radius 2 is 2.04 bits per heavy atom. The van der Waals surface area contributed by atoms with E-state index in [1.165, 1.54) is 12.1 Å². The molecule has 25 heavy (non-hydrogen) atoms. The van der Waals surface area contributed by atoms with Gasteiger partial charge in [-0.2, -0.15) is 0 Å². The Hall–Kier alpha value is -2.57. The first-order valence-electron chi connectivity index (χ1n) is 8.53. The van der Waals surface area contributed by atoms with Crippen LogP contribution in [-0.2, 0) is 14.3 Å². The van der Waals surface area contributed by atoms with E-state index >= 15 is 0 Å². The fraction of sp³-hybridized carbons (Fsp3) is 0.444. The van der Waals surface area contributed by atoms with Gasteiger partial charge in [0.2, 0.25) is 5.76 Å². The summed E-state index contributed by atoms with van der Waals surface area (Å²) in [6.07, 6.45) is 1.61. The van der Waals surface area contributed by atoms with Crippen LogP contribution in [0.2, 0.25) is 0 Å². The van der Waals surface area contributed by atoms with Crippen LogP contribution in [0, 0.1) is 5.82 Å². The number of aromatic amines is 1. The molecule has 3 heterocycles. The van der Waals surface area contributed by atoms with Gasteiger partial charge in [0.05, 0.1) is 11.0 Å². The van der Waals surface area contributed by atoms with Gasteiger partial charge in [-0.25, -0.2) is 9.37 Å². The zero-order valence-electron chi connectivity index (χ0n) is 14.0. The van der Waals surface area contributed by atoms with Crippen LogP contribution < -0.4 is 0 Å². The van der Waals surface area contributed by atoms with Gasteiger partial charge in [0.15, 0.2) is 0 Å². The number of hydrogen-bond donors (Lipinski definition) is 1. The Kier molecular flexibility index (Phi) is 4.07. The molecule has 132 valence electrons. The van der Waals surface area contributed by atoms with Crippen LogP contribution in [0.25, 0.3) is 11.0 Å². The van der Waals surface area contributed by atoms with Crippen LogP contribution in [0.4, 0.5) is 4.39 Å². The summed E-state index contributed by atoms with van der Waals surface area (Å²) in [5.41, 5.74) is 1.48. The van der Waals surface area contributed by atoms with E-state index in [0.29, 0.717) is 43.3 Å². The smallest absolute Gasteiger partial charge is 0.292 e. The summed E-state index contributed by atoms with van der Waals surface area (Å²) in [6, 6.07) is 4.55. The summed E-state index contributed by atoms with van der Waals surface area (Å²) in [6.45, 7) is 3.92. The lowest BCUT2D eigenvalue weighted by molar-refractivity contribution is -0.133. The van der Waals surface area contributed by atoms with E-state index < -0.39 is 0 Å². The standard InChI is InChI=1S/C18H20FN3O3/c1-11-16(25-9-8-24-11)18(23)22-6-4-12(5-7-22)17-20-14-3-2-13(19)10-15(14)21-17/h2-3,10,12H,4-9H2,1H3,(H,20,21). The molecule has 0 atom stereocenters. The molecular weight excluding hydrogens is 325 g/mol. The van der Waals surface area contributed by atoms with Crippen molar-refractivity contribution in [3.05, 3.63) is 41.4 Å². The third-order valence-electron chi connectivity index (χ3n) is 4.79. The summed E-state index contributed by atoms with van der Waals surface area (Å²) >= 11 is 0. The van der Waals surface area contributed by atoms with Crippen LogP contribution in [0.15, 0.2) is 29.7 Å². The molecule has 0 aliphatic carbocycles. The molecule has 6 nitrogen and oxygen atoms in total. The molecule has 7 heteroatoms. The van der Waals surface area contributed by atoms with Gasteiger partial charge in [-0.1, -0.05) is 0 Å². The first-order valence-corrected chi connectivity index (χ1v) is 8.53. The van der Waals surface area contributed by atoms with Crippen molar-refractivity contribution < 1.29 is 18.7 Å². The lowest BCUT2D eigenvalue weighted by Crippen LogP contribution is -2.40. The van der Waals surface area contributed by atoms with Crippen molar-refractivity contribution in [1.29, 1.82) is 0 Å². The second-order valence-corrected chi connectivity index (χ2v) is 6.43. The van der Waals surface area contributed by atoms with Crippen LogP contribution >= 0.6 is 0 Å². The number of allylic oxidation sites excluding steroid dienone is 1. The molecule has 0 bridgehead atoms. The maximum Gasteiger partial charge on any atom is 0.292 e. The summed E-state index contributed by atoms with van der Waals surface area (Å²) < 4.78 is 24.2. The lowest BCUT2D eigenvalue weighted by atomic mass is 9.96. The van der Waals surface area contributed by atoms with Gasteiger partial charge in [-0.3, -0.25) is 4.79 Å². The second kappa shape index (κ2) is 6.38. The Morgan fingerprint density at radius 3 is 2.80 bits per heavy atom. The number of benzene rings is 1. The highest BCUT2D eigenvalue weighted by molar-refractivity contribution is 5.92. The zero-order chi connectivity index (χ0) is 17.4. The molecule has 1 N–H and O–H groups in total. The van der Waals surface area contributed by atoms with Crippen LogP contribution in [0.1, 0.15) is 31.5 Å². The first kappa shape index (κ1) is 15.9. The van der Waals surface area contributed by atoms with Crippen LogP contribution in [0.3, 0.4) is 0 Å². The van der Waals surface area contributed by atoms with E-state index in [4.69, 9.17) is 9.47 Å². The molecule has 0 spiro atoms. The molecule has 1 fully saturated rings. The van der Waals surface area contributed by atoms with Crippen molar-refractivity contribution in [3.63, 3.8) is 0 Å². The summed E-state index contributed by atoms with van der Waals surface area (Å²) in [4.78, 5) is 22.2. The number of carbonyl (C=O) groups is 1. The third-order valence-corrected chi connectivity index (χ3v) is 4.79. The number of H-pyrrole nitrogens is 1. The summed E-state index contributed by atoms with van der Waals surface area (Å²) in [5, 5.41) is 0. The number of piperidine rings is 1. The number of rotatable bonds is 2. The molecule has 2 aliphatic rings. The van der Waals surface area contributed by atoms with Crippen molar-refractivity contribution in [3.8, 4) is 0 Å². The van der Waals surface area contributed by atoms with Gasteiger partial charge in [0.25, 0.3) is 5.91 Å². The van der Waals surface area contributed by atoms with Gasteiger partial charge >= 0.3 is 0 Å². The molecule has 4 rings (SSSR count). The molecule has 0 radical (unpaired) electrons. The van der Waals surface area contributed by atoms with E-state index in [2.05, 4.69) is 9.97 Å². The zero-order valence-corrected chi connectivity index (χ0v) is 14.0. The van der Waals surface area contributed by atoms with E-state index in [0.717, 1.165) is 24.2 Å². The van der Waals surface area contributed by atoms with E-state index in [1.807, 2.05) is 0 Å². The number of fused-ring (bicyclic) bond motifs is 1. The maximum atomic E-state index is 13.3. The highest BCUT2D eigenvalue weighted by Gasteiger charge is 2.30.